The Morgan fingerprint density at radius 3 is 2.46 bits per heavy atom. The first-order chi connectivity index (χ1) is 17.8. The number of hydrogen-bond acceptors (Lipinski definition) is 7. The Labute approximate surface area is 215 Å². The third-order valence-electron chi connectivity index (χ3n) is 6.94. The molecule has 3 heterocycles. The Morgan fingerprint density at radius 1 is 1.08 bits per heavy atom. The predicted octanol–water partition coefficient (Wildman–Crippen LogP) is 4.56. The fraction of sp³-hybridized carbons (Fsp3) is 0.481. The summed E-state index contributed by atoms with van der Waals surface area (Å²) < 4.78 is 25.6. The molecule has 1 aromatic carbocycles. The van der Waals surface area contributed by atoms with Crippen molar-refractivity contribution in [2.24, 2.45) is 5.41 Å². The molecule has 2 N–H and O–H groups in total. The molecule has 1 aliphatic heterocycles. The second-order valence-corrected chi connectivity index (χ2v) is 10.3. The fourth-order valence-corrected chi connectivity index (χ4v) is 4.93. The Kier molecular flexibility index (Phi) is 7.21. The number of benzene rings is 1. The standard InChI is InChI=1S/C27H33FN6O3/c1-27(25(35)34(2)3)15-36-24(37-16-27)23-32-21(17-9-11-18(28)12-10-17)22(33-23)20-13-14-29-26(31-20)30-19-7-5-4-6-8-19/h9-14,19,24H,4-8,15-16H2,1-3H3,(H,32,33)(H,29,30,31). The molecular weight excluding hydrogens is 475 g/mol. The highest BCUT2D eigenvalue weighted by atomic mass is 19.1. The van der Waals surface area contributed by atoms with Crippen molar-refractivity contribution in [3.8, 4) is 22.6 Å². The zero-order valence-corrected chi connectivity index (χ0v) is 21.5. The van der Waals surface area contributed by atoms with Crippen LogP contribution in [0.4, 0.5) is 10.3 Å². The number of hydrogen-bond donors (Lipinski definition) is 2. The molecule has 2 aliphatic rings. The van der Waals surface area contributed by atoms with Crippen molar-refractivity contribution < 1.29 is 18.7 Å². The summed E-state index contributed by atoms with van der Waals surface area (Å²) >= 11 is 0. The average molecular weight is 509 g/mol. The predicted molar refractivity (Wildman–Crippen MR) is 137 cm³/mol. The van der Waals surface area contributed by atoms with Gasteiger partial charge in [-0.3, -0.25) is 4.79 Å². The molecule has 5 rings (SSSR count). The smallest absolute Gasteiger partial charge is 0.232 e. The highest BCUT2D eigenvalue weighted by molar-refractivity contribution is 5.82. The number of halogens is 1. The number of imidazole rings is 1. The largest absolute Gasteiger partial charge is 0.351 e. The molecule has 10 heteroatoms. The molecule has 1 amide bonds. The number of aromatic amines is 1. The molecule has 3 aromatic rings. The zero-order valence-electron chi connectivity index (χ0n) is 21.5. The maximum absolute atomic E-state index is 13.7. The van der Waals surface area contributed by atoms with Crippen molar-refractivity contribution in [3.63, 3.8) is 0 Å². The Balaban J connectivity index is 1.44. The van der Waals surface area contributed by atoms with Crippen LogP contribution >= 0.6 is 0 Å². The van der Waals surface area contributed by atoms with Crippen LogP contribution < -0.4 is 5.32 Å². The lowest BCUT2D eigenvalue weighted by atomic mass is 9.90. The van der Waals surface area contributed by atoms with E-state index in [1.165, 1.54) is 31.4 Å². The molecule has 196 valence electrons. The Bertz CT molecular complexity index is 1230. The van der Waals surface area contributed by atoms with Crippen LogP contribution in [0.15, 0.2) is 36.5 Å². The van der Waals surface area contributed by atoms with Crippen molar-refractivity contribution in [2.75, 3.05) is 32.6 Å². The van der Waals surface area contributed by atoms with E-state index >= 15 is 0 Å². The molecule has 0 bridgehead atoms. The number of nitrogens with one attached hydrogen (secondary N) is 2. The van der Waals surface area contributed by atoms with Crippen LogP contribution in [0.25, 0.3) is 22.6 Å². The van der Waals surface area contributed by atoms with Gasteiger partial charge in [-0.1, -0.05) is 19.3 Å². The number of aromatic nitrogens is 4. The monoisotopic (exact) mass is 508 g/mol. The van der Waals surface area contributed by atoms with Gasteiger partial charge < -0.3 is 24.7 Å². The maximum atomic E-state index is 13.7. The van der Waals surface area contributed by atoms with Crippen molar-refractivity contribution in [1.82, 2.24) is 24.8 Å². The van der Waals surface area contributed by atoms with E-state index in [9.17, 15) is 9.18 Å². The summed E-state index contributed by atoms with van der Waals surface area (Å²) in [5, 5.41) is 3.47. The first-order valence-electron chi connectivity index (χ1n) is 12.7. The van der Waals surface area contributed by atoms with E-state index in [-0.39, 0.29) is 24.9 Å². The van der Waals surface area contributed by atoms with E-state index in [1.807, 2.05) is 13.0 Å². The lowest BCUT2D eigenvalue weighted by Gasteiger charge is -2.36. The second kappa shape index (κ2) is 10.5. The Morgan fingerprint density at radius 2 is 1.78 bits per heavy atom. The molecule has 0 spiro atoms. The number of ether oxygens (including phenoxy) is 2. The third kappa shape index (κ3) is 5.50. The van der Waals surface area contributed by atoms with Gasteiger partial charge in [0.2, 0.25) is 18.1 Å². The molecule has 0 radical (unpaired) electrons. The number of carbonyl (C=O) groups is 1. The second-order valence-electron chi connectivity index (χ2n) is 10.3. The SMILES string of the molecule is CN(C)C(=O)C1(C)COC(c2nc(-c3ccc(F)cc3)c(-c3ccnc(NC4CCCCC4)n3)[nH]2)OC1. The van der Waals surface area contributed by atoms with Crippen LogP contribution in [0.2, 0.25) is 0 Å². The Hall–Kier alpha value is -3.37. The van der Waals surface area contributed by atoms with E-state index in [2.05, 4.69) is 15.3 Å². The fourth-order valence-electron chi connectivity index (χ4n) is 4.93. The lowest BCUT2D eigenvalue weighted by Crippen LogP contribution is -2.48. The number of anilines is 1. The molecule has 1 aliphatic carbocycles. The van der Waals surface area contributed by atoms with Crippen LogP contribution in [0, 0.1) is 11.2 Å². The third-order valence-corrected chi connectivity index (χ3v) is 6.94. The van der Waals surface area contributed by atoms with E-state index in [0.29, 0.717) is 34.9 Å². The van der Waals surface area contributed by atoms with Gasteiger partial charge in [-0.2, -0.15) is 0 Å². The molecule has 1 saturated carbocycles. The first kappa shape index (κ1) is 25.3. The van der Waals surface area contributed by atoms with Gasteiger partial charge in [0.15, 0.2) is 5.82 Å². The number of amides is 1. The molecule has 1 saturated heterocycles. The summed E-state index contributed by atoms with van der Waals surface area (Å²) in [4.78, 5) is 31.4. The van der Waals surface area contributed by atoms with Crippen LogP contribution in [0.3, 0.4) is 0 Å². The van der Waals surface area contributed by atoms with Crippen LogP contribution in [-0.4, -0.2) is 64.1 Å². The molecule has 9 nitrogen and oxygen atoms in total. The van der Waals surface area contributed by atoms with Crippen LogP contribution in [0.1, 0.15) is 51.1 Å². The summed E-state index contributed by atoms with van der Waals surface area (Å²) in [6.07, 6.45) is 6.83. The quantitative estimate of drug-likeness (QED) is 0.503. The first-order valence-corrected chi connectivity index (χ1v) is 12.7. The van der Waals surface area contributed by atoms with Gasteiger partial charge in [-0.25, -0.2) is 19.3 Å². The average Bonchev–Trinajstić information content (AvgIpc) is 3.35. The van der Waals surface area contributed by atoms with Crippen LogP contribution in [-0.2, 0) is 14.3 Å². The van der Waals surface area contributed by atoms with Crippen LogP contribution in [0.5, 0.6) is 0 Å². The summed E-state index contributed by atoms with van der Waals surface area (Å²) in [7, 11) is 3.43. The highest BCUT2D eigenvalue weighted by Crippen LogP contribution is 2.36. The molecule has 2 aromatic heterocycles. The summed E-state index contributed by atoms with van der Waals surface area (Å²) in [6, 6.07) is 8.32. The van der Waals surface area contributed by atoms with Gasteiger partial charge in [0.05, 0.1) is 35.7 Å². The van der Waals surface area contributed by atoms with E-state index in [1.54, 1.807) is 37.3 Å². The van der Waals surface area contributed by atoms with Gasteiger partial charge >= 0.3 is 0 Å². The van der Waals surface area contributed by atoms with E-state index in [4.69, 9.17) is 19.4 Å². The van der Waals surface area contributed by atoms with Crippen molar-refractivity contribution in [2.45, 2.75) is 51.4 Å². The molecule has 37 heavy (non-hydrogen) atoms. The van der Waals surface area contributed by atoms with Gasteiger partial charge in [-0.05, 0) is 50.1 Å². The summed E-state index contributed by atoms with van der Waals surface area (Å²) in [6.45, 7) is 2.21. The molecule has 0 unspecified atom stereocenters. The van der Waals surface area contributed by atoms with Gasteiger partial charge in [0.25, 0.3) is 0 Å². The number of nitrogens with zero attached hydrogens (tertiary/aromatic N) is 4. The summed E-state index contributed by atoms with van der Waals surface area (Å²) in [5.41, 5.74) is 1.85. The minimum atomic E-state index is -0.780. The minimum Gasteiger partial charge on any atom is -0.351 e. The topological polar surface area (TPSA) is 105 Å². The highest BCUT2D eigenvalue weighted by Gasteiger charge is 2.41. The van der Waals surface area contributed by atoms with E-state index in [0.717, 1.165) is 18.4 Å². The van der Waals surface area contributed by atoms with Crippen molar-refractivity contribution >= 4 is 11.9 Å². The number of carbonyl (C=O) groups excluding carboxylic acids is 1. The molecule has 0 atom stereocenters. The number of rotatable bonds is 6. The number of H-pyrrole nitrogens is 1. The normalized spacial score (nSPS) is 22.5. The van der Waals surface area contributed by atoms with Crippen molar-refractivity contribution in [3.05, 3.63) is 48.2 Å². The molecular formula is C27H33FN6O3. The van der Waals surface area contributed by atoms with E-state index < -0.39 is 11.7 Å². The minimum absolute atomic E-state index is 0.0583. The maximum Gasteiger partial charge on any atom is 0.232 e. The lowest BCUT2D eigenvalue weighted by molar-refractivity contribution is -0.233. The molecule has 2 fully saturated rings. The van der Waals surface area contributed by atoms with Gasteiger partial charge in [0.1, 0.15) is 5.82 Å². The van der Waals surface area contributed by atoms with Crippen molar-refractivity contribution in [1.29, 1.82) is 0 Å². The summed E-state index contributed by atoms with van der Waals surface area (Å²) in [5.74, 6) is 0.630. The zero-order chi connectivity index (χ0) is 26.0. The van der Waals surface area contributed by atoms with Gasteiger partial charge in [-0.15, -0.1) is 0 Å². The van der Waals surface area contributed by atoms with Gasteiger partial charge in [0, 0.05) is 31.9 Å².